The van der Waals surface area contributed by atoms with Gasteiger partial charge < -0.3 is 0 Å². The van der Waals surface area contributed by atoms with Crippen molar-refractivity contribution in [3.8, 4) is 0 Å². The molecule has 1 aromatic heterocycles. The molecule has 2 rings (SSSR count). The Kier molecular flexibility index (Phi) is 2.76. The second-order valence-corrected chi connectivity index (χ2v) is 3.49. The van der Waals surface area contributed by atoms with E-state index < -0.39 is 0 Å². The van der Waals surface area contributed by atoms with Crippen molar-refractivity contribution in [3.05, 3.63) is 41.0 Å². The van der Waals surface area contributed by atoms with Gasteiger partial charge in [-0.3, -0.25) is 0 Å². The molecule has 0 saturated heterocycles. The Labute approximate surface area is 92.4 Å². The van der Waals surface area contributed by atoms with Crippen LogP contribution < -0.4 is 0 Å². The summed E-state index contributed by atoms with van der Waals surface area (Å²) in [7, 11) is 1.76. The third-order valence-electron chi connectivity index (χ3n) is 2.30. The minimum absolute atomic E-state index is 0.227. The molecule has 0 radical (unpaired) electrons. The van der Waals surface area contributed by atoms with E-state index in [1.807, 2.05) is 13.0 Å². The molecule has 0 unspecified atom stereocenters. The van der Waals surface area contributed by atoms with Crippen LogP contribution in [-0.4, -0.2) is 20.2 Å². The summed E-state index contributed by atoms with van der Waals surface area (Å²) < 4.78 is 14.4. The molecule has 82 valence electrons. The number of tetrazole rings is 1. The van der Waals surface area contributed by atoms with Gasteiger partial charge in [-0.25, -0.2) is 9.07 Å². The first-order valence-corrected chi connectivity index (χ1v) is 4.83. The van der Waals surface area contributed by atoms with Crippen LogP contribution in [0.3, 0.4) is 0 Å². The molecule has 0 aliphatic carbocycles. The van der Waals surface area contributed by atoms with Crippen LogP contribution in [0, 0.1) is 12.7 Å². The molecule has 0 bridgehead atoms. The van der Waals surface area contributed by atoms with Crippen LogP contribution >= 0.6 is 0 Å². The molecule has 5 heteroatoms. The first kappa shape index (κ1) is 10.5. The molecule has 0 atom stereocenters. The molecule has 0 aliphatic rings. The lowest BCUT2D eigenvalue weighted by molar-refractivity contribution is 0.626. The molecule has 2 aromatic rings. The number of aryl methyl sites for hydroxylation is 2. The third-order valence-corrected chi connectivity index (χ3v) is 2.30. The summed E-state index contributed by atoms with van der Waals surface area (Å²) in [4.78, 5) is 0. The predicted molar refractivity (Wildman–Crippen MR) is 58.9 cm³/mol. The van der Waals surface area contributed by atoms with Crippen molar-refractivity contribution < 1.29 is 4.39 Å². The Morgan fingerprint density at radius 1 is 1.31 bits per heavy atom. The highest BCUT2D eigenvalue weighted by molar-refractivity contribution is 5.68. The molecular formula is C11H11FN4. The van der Waals surface area contributed by atoms with Crippen molar-refractivity contribution in [1.29, 1.82) is 0 Å². The van der Waals surface area contributed by atoms with E-state index >= 15 is 0 Å². The lowest BCUT2D eigenvalue weighted by Crippen LogP contribution is -1.93. The molecule has 4 nitrogen and oxygen atoms in total. The maximum atomic E-state index is 12.9. The van der Waals surface area contributed by atoms with Crippen LogP contribution in [0.5, 0.6) is 0 Å². The van der Waals surface area contributed by atoms with Crippen molar-refractivity contribution in [3.63, 3.8) is 0 Å². The zero-order chi connectivity index (χ0) is 11.5. The van der Waals surface area contributed by atoms with Gasteiger partial charge in [0, 0.05) is 7.05 Å². The highest BCUT2D eigenvalue weighted by Crippen LogP contribution is 2.12. The van der Waals surface area contributed by atoms with Crippen LogP contribution in [0.25, 0.3) is 12.2 Å². The molecule has 0 saturated carbocycles. The fraction of sp³-hybridized carbons (Fsp3) is 0.182. The SMILES string of the molecule is Cc1cc(F)ccc1C=Cc1nnnn1C. The summed E-state index contributed by atoms with van der Waals surface area (Å²) >= 11 is 0. The van der Waals surface area contributed by atoms with Gasteiger partial charge in [0.2, 0.25) is 0 Å². The number of aromatic nitrogens is 4. The maximum absolute atomic E-state index is 12.9. The van der Waals surface area contributed by atoms with Gasteiger partial charge >= 0.3 is 0 Å². The number of nitrogens with zero attached hydrogens (tertiary/aromatic N) is 4. The fourth-order valence-corrected chi connectivity index (χ4v) is 1.37. The van der Waals surface area contributed by atoms with Gasteiger partial charge in [0.05, 0.1) is 0 Å². The topological polar surface area (TPSA) is 43.6 Å². The normalized spacial score (nSPS) is 11.2. The number of hydrogen-bond donors (Lipinski definition) is 0. The number of halogens is 1. The van der Waals surface area contributed by atoms with Gasteiger partial charge in [-0.2, -0.15) is 0 Å². The van der Waals surface area contributed by atoms with Crippen LogP contribution in [-0.2, 0) is 7.05 Å². The fourth-order valence-electron chi connectivity index (χ4n) is 1.37. The van der Waals surface area contributed by atoms with E-state index in [2.05, 4.69) is 15.5 Å². The Hall–Kier alpha value is -2.04. The molecule has 0 amide bonds. The average molecular weight is 218 g/mol. The Balaban J connectivity index is 2.27. The van der Waals surface area contributed by atoms with Gasteiger partial charge in [-0.1, -0.05) is 12.1 Å². The zero-order valence-corrected chi connectivity index (χ0v) is 9.05. The van der Waals surface area contributed by atoms with Gasteiger partial charge in [0.25, 0.3) is 0 Å². The van der Waals surface area contributed by atoms with Crippen LogP contribution in [0.1, 0.15) is 17.0 Å². The van der Waals surface area contributed by atoms with E-state index in [0.29, 0.717) is 5.82 Å². The van der Waals surface area contributed by atoms with Crippen LogP contribution in [0.15, 0.2) is 18.2 Å². The molecule has 0 aliphatic heterocycles. The van der Waals surface area contributed by atoms with Crippen LogP contribution in [0.2, 0.25) is 0 Å². The summed E-state index contributed by atoms with van der Waals surface area (Å²) in [5.41, 5.74) is 1.83. The van der Waals surface area contributed by atoms with Crippen LogP contribution in [0.4, 0.5) is 4.39 Å². The second-order valence-electron chi connectivity index (χ2n) is 3.49. The molecule has 1 heterocycles. The predicted octanol–water partition coefficient (Wildman–Crippen LogP) is 1.83. The molecule has 0 fully saturated rings. The monoisotopic (exact) mass is 218 g/mol. The maximum Gasteiger partial charge on any atom is 0.174 e. The number of rotatable bonds is 2. The van der Waals surface area contributed by atoms with Crippen molar-refractivity contribution in [2.75, 3.05) is 0 Å². The quantitative estimate of drug-likeness (QED) is 0.772. The summed E-state index contributed by atoms with van der Waals surface area (Å²) in [5.74, 6) is 0.429. The van der Waals surface area contributed by atoms with Crippen molar-refractivity contribution in [2.45, 2.75) is 6.92 Å². The molecule has 16 heavy (non-hydrogen) atoms. The van der Waals surface area contributed by atoms with E-state index in [1.165, 1.54) is 12.1 Å². The Morgan fingerprint density at radius 3 is 2.75 bits per heavy atom. The van der Waals surface area contributed by atoms with Gasteiger partial charge in [0.15, 0.2) is 5.82 Å². The first-order chi connectivity index (χ1) is 7.66. The number of benzene rings is 1. The smallest absolute Gasteiger partial charge is 0.174 e. The molecule has 1 aromatic carbocycles. The van der Waals surface area contributed by atoms with E-state index in [0.717, 1.165) is 11.1 Å². The average Bonchev–Trinajstić information content (AvgIpc) is 2.63. The highest BCUT2D eigenvalue weighted by Gasteiger charge is 1.98. The molecule has 0 N–H and O–H groups in total. The van der Waals surface area contributed by atoms with E-state index in [-0.39, 0.29) is 5.82 Å². The summed E-state index contributed by atoms with van der Waals surface area (Å²) in [6, 6.07) is 4.65. The van der Waals surface area contributed by atoms with Gasteiger partial charge in [0.1, 0.15) is 5.82 Å². The van der Waals surface area contributed by atoms with E-state index in [9.17, 15) is 4.39 Å². The van der Waals surface area contributed by atoms with Crippen molar-refractivity contribution >= 4 is 12.2 Å². The van der Waals surface area contributed by atoms with Crippen molar-refractivity contribution in [1.82, 2.24) is 20.2 Å². The molecular weight excluding hydrogens is 207 g/mol. The largest absolute Gasteiger partial charge is 0.229 e. The highest BCUT2D eigenvalue weighted by atomic mass is 19.1. The standard InChI is InChI=1S/C11H11FN4/c1-8-7-10(12)5-3-9(8)4-6-11-13-14-15-16(11)2/h3-7H,1-2H3. The lowest BCUT2D eigenvalue weighted by atomic mass is 10.1. The first-order valence-electron chi connectivity index (χ1n) is 4.83. The minimum atomic E-state index is -0.227. The van der Waals surface area contributed by atoms with Gasteiger partial charge in [-0.05, 0) is 46.7 Å². The van der Waals surface area contributed by atoms with Gasteiger partial charge in [-0.15, -0.1) is 5.10 Å². The third kappa shape index (κ3) is 2.13. The van der Waals surface area contributed by atoms with E-state index in [4.69, 9.17) is 0 Å². The Bertz CT molecular complexity index is 531. The second kappa shape index (κ2) is 4.22. The van der Waals surface area contributed by atoms with Crippen molar-refractivity contribution in [2.24, 2.45) is 7.05 Å². The summed E-state index contributed by atoms with van der Waals surface area (Å²) in [6.07, 6.45) is 3.65. The lowest BCUT2D eigenvalue weighted by Gasteiger charge is -1.99. The molecule has 0 spiro atoms. The Morgan fingerprint density at radius 2 is 2.12 bits per heavy atom. The van der Waals surface area contributed by atoms with E-state index in [1.54, 1.807) is 23.9 Å². The summed E-state index contributed by atoms with van der Waals surface area (Å²) in [6.45, 7) is 1.86. The minimum Gasteiger partial charge on any atom is -0.229 e. The number of hydrogen-bond acceptors (Lipinski definition) is 3. The zero-order valence-electron chi connectivity index (χ0n) is 9.05. The summed E-state index contributed by atoms with van der Waals surface area (Å²) in [5, 5.41) is 11.1.